The molecule has 3 atom stereocenters. The van der Waals surface area contributed by atoms with Gasteiger partial charge in [-0.25, -0.2) is 4.79 Å². The van der Waals surface area contributed by atoms with E-state index < -0.39 is 11.0 Å². The maximum Gasteiger partial charge on any atom is 0.410 e. The maximum absolute atomic E-state index is 13.0. The summed E-state index contributed by atoms with van der Waals surface area (Å²) in [5.41, 5.74) is 0.820. The Kier molecular flexibility index (Phi) is 6.78. The van der Waals surface area contributed by atoms with E-state index in [1.165, 1.54) is 12.8 Å². The summed E-state index contributed by atoms with van der Waals surface area (Å²) in [5.74, 6) is 1.60. The van der Waals surface area contributed by atoms with Crippen molar-refractivity contribution in [3.05, 3.63) is 65.7 Å². The summed E-state index contributed by atoms with van der Waals surface area (Å²) >= 11 is 0. The summed E-state index contributed by atoms with van der Waals surface area (Å²) < 4.78 is 11.2. The van der Waals surface area contributed by atoms with Crippen LogP contribution in [0.25, 0.3) is 0 Å². The van der Waals surface area contributed by atoms with Crippen molar-refractivity contribution in [3.63, 3.8) is 0 Å². The van der Waals surface area contributed by atoms with Gasteiger partial charge >= 0.3 is 6.09 Å². The number of hydrogen-bond acceptors (Lipinski definition) is 5. The first-order chi connectivity index (χ1) is 16.9. The van der Waals surface area contributed by atoms with Crippen molar-refractivity contribution >= 4 is 6.09 Å². The van der Waals surface area contributed by atoms with E-state index in [9.17, 15) is 9.90 Å². The third-order valence-electron chi connectivity index (χ3n) is 8.58. The average molecular weight is 479 g/mol. The molecule has 0 spiro atoms. The second kappa shape index (κ2) is 9.82. The van der Waals surface area contributed by atoms with Crippen LogP contribution in [0.4, 0.5) is 4.79 Å². The number of benzene rings is 2. The molecule has 3 fully saturated rings. The van der Waals surface area contributed by atoms with Crippen molar-refractivity contribution in [1.29, 1.82) is 0 Å². The van der Waals surface area contributed by atoms with Crippen molar-refractivity contribution in [3.8, 4) is 5.75 Å². The molecule has 0 unspecified atom stereocenters. The molecule has 2 saturated carbocycles. The first-order valence-corrected chi connectivity index (χ1v) is 13.0. The second-order valence-corrected chi connectivity index (χ2v) is 10.8. The van der Waals surface area contributed by atoms with Crippen LogP contribution in [0.5, 0.6) is 5.75 Å². The van der Waals surface area contributed by atoms with Crippen molar-refractivity contribution in [1.82, 2.24) is 9.80 Å². The molecule has 1 saturated heterocycles. The van der Waals surface area contributed by atoms with E-state index in [4.69, 9.17) is 9.47 Å². The van der Waals surface area contributed by atoms with Gasteiger partial charge in [0.25, 0.3) is 0 Å². The second-order valence-electron chi connectivity index (χ2n) is 10.8. The minimum atomic E-state index is -0.836. The topological polar surface area (TPSA) is 62.2 Å². The number of ether oxygens (including phenoxy) is 2. The molecule has 0 aromatic heterocycles. The number of fused-ring (bicyclic) bond motifs is 1. The molecule has 1 heterocycles. The molecule has 0 bridgehead atoms. The van der Waals surface area contributed by atoms with Crippen LogP contribution in [0.3, 0.4) is 0 Å². The Bertz CT molecular complexity index is 1030. The third-order valence-corrected chi connectivity index (χ3v) is 8.58. The van der Waals surface area contributed by atoms with Gasteiger partial charge in [0.1, 0.15) is 12.4 Å². The molecule has 1 aliphatic heterocycles. The standard InChI is InChI=1S/C29H38N2O4/c1-30(27(32)35-20-23-7-4-3-5-8-23)25-13-14-29(33)21-31(19-22-11-12-22)16-15-28(29,18-25)24-9-6-10-26(17-24)34-2/h3-10,17,22,25,33H,11-16,18-21H2,1-2H3/t25-,28-,29-/m0/s1. The summed E-state index contributed by atoms with van der Waals surface area (Å²) in [6.07, 6.45) is 5.32. The first-order valence-electron chi connectivity index (χ1n) is 13.0. The highest BCUT2D eigenvalue weighted by atomic mass is 16.6. The molecule has 0 radical (unpaired) electrons. The number of rotatable bonds is 7. The van der Waals surface area contributed by atoms with Gasteiger partial charge in [0, 0.05) is 31.6 Å². The molecule has 2 aliphatic carbocycles. The van der Waals surface area contributed by atoms with Gasteiger partial charge in [-0.15, -0.1) is 0 Å². The molecule has 5 rings (SSSR count). The lowest BCUT2D eigenvalue weighted by Crippen LogP contribution is -2.67. The summed E-state index contributed by atoms with van der Waals surface area (Å²) in [7, 11) is 3.52. The Labute approximate surface area is 208 Å². The van der Waals surface area contributed by atoms with E-state index in [1.807, 2.05) is 49.5 Å². The van der Waals surface area contributed by atoms with Crippen LogP contribution >= 0.6 is 0 Å². The maximum atomic E-state index is 13.0. The number of hydrogen-bond donors (Lipinski definition) is 1. The number of carbonyl (C=O) groups excluding carboxylic acids is 1. The van der Waals surface area contributed by atoms with E-state index in [2.05, 4.69) is 17.0 Å². The largest absolute Gasteiger partial charge is 0.497 e. The molecule has 188 valence electrons. The number of β-amino-alcohol motifs (C(OH)–C–C–N with tert-alkyl or cyclic N) is 1. The smallest absolute Gasteiger partial charge is 0.410 e. The molecular formula is C29H38N2O4. The number of amides is 1. The molecule has 2 aromatic carbocycles. The fourth-order valence-corrected chi connectivity index (χ4v) is 6.28. The van der Waals surface area contributed by atoms with Crippen LogP contribution in [0.1, 0.15) is 49.7 Å². The lowest BCUT2D eigenvalue weighted by molar-refractivity contribution is -0.133. The predicted octanol–water partition coefficient (Wildman–Crippen LogP) is 4.60. The van der Waals surface area contributed by atoms with E-state index in [0.29, 0.717) is 19.4 Å². The van der Waals surface area contributed by atoms with Crippen LogP contribution < -0.4 is 4.74 Å². The zero-order valence-electron chi connectivity index (χ0n) is 21.0. The molecular weight excluding hydrogens is 440 g/mol. The predicted molar refractivity (Wildman–Crippen MR) is 135 cm³/mol. The number of likely N-dealkylation sites (tertiary alicyclic amines) is 1. The van der Waals surface area contributed by atoms with Crippen LogP contribution in [0.15, 0.2) is 54.6 Å². The lowest BCUT2D eigenvalue weighted by Gasteiger charge is -2.59. The van der Waals surface area contributed by atoms with Gasteiger partial charge in [0.2, 0.25) is 0 Å². The monoisotopic (exact) mass is 478 g/mol. The fraction of sp³-hybridized carbons (Fsp3) is 0.552. The van der Waals surface area contributed by atoms with Crippen molar-refractivity contribution in [2.24, 2.45) is 5.92 Å². The van der Waals surface area contributed by atoms with Gasteiger partial charge in [-0.1, -0.05) is 42.5 Å². The zero-order valence-corrected chi connectivity index (χ0v) is 21.0. The van der Waals surface area contributed by atoms with E-state index in [-0.39, 0.29) is 18.7 Å². The minimum absolute atomic E-state index is 0.000249. The summed E-state index contributed by atoms with van der Waals surface area (Å²) in [6, 6.07) is 17.9. The van der Waals surface area contributed by atoms with Gasteiger partial charge < -0.3 is 24.4 Å². The van der Waals surface area contributed by atoms with E-state index in [1.54, 1.807) is 12.0 Å². The number of carbonyl (C=O) groups is 1. The number of nitrogens with zero attached hydrogens (tertiary/aromatic N) is 2. The van der Waals surface area contributed by atoms with Crippen LogP contribution in [0, 0.1) is 5.92 Å². The molecule has 35 heavy (non-hydrogen) atoms. The van der Waals surface area contributed by atoms with Gasteiger partial charge in [-0.3, -0.25) is 0 Å². The summed E-state index contributed by atoms with van der Waals surface area (Å²) in [5, 5.41) is 12.2. The van der Waals surface area contributed by atoms with Crippen molar-refractivity contribution < 1.29 is 19.4 Å². The minimum Gasteiger partial charge on any atom is -0.497 e. The average Bonchev–Trinajstić information content (AvgIpc) is 3.71. The highest BCUT2D eigenvalue weighted by Crippen LogP contribution is 2.53. The molecule has 6 heteroatoms. The van der Waals surface area contributed by atoms with Crippen molar-refractivity contribution in [2.45, 2.75) is 62.2 Å². The third kappa shape index (κ3) is 4.91. The van der Waals surface area contributed by atoms with E-state index >= 15 is 0 Å². The first kappa shape index (κ1) is 24.1. The molecule has 2 aromatic rings. The Balaban J connectivity index is 1.37. The highest BCUT2D eigenvalue weighted by molar-refractivity contribution is 5.67. The van der Waals surface area contributed by atoms with Crippen LogP contribution in [-0.4, -0.2) is 66.4 Å². The number of methoxy groups -OCH3 is 1. The normalized spacial score (nSPS) is 28.7. The SMILES string of the molecule is COc1cccc([C@@]23CCN(CC4CC4)C[C@@]2(O)CC[C@H](N(C)C(=O)OCc2ccccc2)C3)c1. The Morgan fingerprint density at radius 3 is 2.66 bits per heavy atom. The molecule has 3 aliphatic rings. The summed E-state index contributed by atoms with van der Waals surface area (Å²) in [6.45, 7) is 3.00. The Morgan fingerprint density at radius 1 is 1.11 bits per heavy atom. The lowest BCUT2D eigenvalue weighted by atomic mass is 9.55. The van der Waals surface area contributed by atoms with Gasteiger partial charge in [0.15, 0.2) is 0 Å². The highest BCUT2D eigenvalue weighted by Gasteiger charge is 2.58. The van der Waals surface area contributed by atoms with Crippen LogP contribution in [-0.2, 0) is 16.8 Å². The van der Waals surface area contributed by atoms with Crippen LogP contribution in [0.2, 0.25) is 0 Å². The number of aliphatic hydroxyl groups is 1. The summed E-state index contributed by atoms with van der Waals surface area (Å²) in [4.78, 5) is 17.2. The van der Waals surface area contributed by atoms with Gasteiger partial charge in [-0.05, 0) is 74.2 Å². The molecule has 1 N–H and O–H groups in total. The zero-order chi connectivity index (χ0) is 24.5. The Hall–Kier alpha value is -2.57. The fourth-order valence-electron chi connectivity index (χ4n) is 6.28. The van der Waals surface area contributed by atoms with Crippen molar-refractivity contribution in [2.75, 3.05) is 33.8 Å². The Morgan fingerprint density at radius 2 is 1.91 bits per heavy atom. The number of piperidine rings is 1. The molecule has 1 amide bonds. The van der Waals surface area contributed by atoms with Gasteiger partial charge in [0.05, 0.1) is 12.7 Å². The quantitative estimate of drug-likeness (QED) is 0.630. The molecule has 6 nitrogen and oxygen atoms in total. The van der Waals surface area contributed by atoms with Gasteiger partial charge in [-0.2, -0.15) is 0 Å². The van der Waals surface area contributed by atoms with E-state index in [0.717, 1.165) is 48.7 Å².